The molecule has 0 amide bonds. The van der Waals surface area contributed by atoms with Gasteiger partial charge in [-0.05, 0) is 69.6 Å². The first-order valence-corrected chi connectivity index (χ1v) is 18.9. The van der Waals surface area contributed by atoms with Crippen LogP contribution < -0.4 is 5.73 Å². The molecule has 0 aliphatic heterocycles. The lowest BCUT2D eigenvalue weighted by atomic mass is 9.95. The molecule has 0 fully saturated rings. The number of nitrogens with zero attached hydrogens (tertiary/aromatic N) is 2. The summed E-state index contributed by atoms with van der Waals surface area (Å²) < 4.78 is 9.03. The van der Waals surface area contributed by atoms with Crippen LogP contribution in [0.15, 0.2) is 190 Å². The number of nitrogens with two attached hydrogens (primary N) is 1. The van der Waals surface area contributed by atoms with E-state index in [4.69, 9.17) is 20.1 Å². The minimum Gasteiger partial charge on any atom is -0.456 e. The Morgan fingerprint density at radius 1 is 0.519 bits per heavy atom. The van der Waals surface area contributed by atoms with Crippen molar-refractivity contribution >= 4 is 75.9 Å². The first-order valence-electron chi connectivity index (χ1n) is 18.1. The number of amidine groups is 2. The number of thiophene rings is 1. The zero-order chi connectivity index (χ0) is 36.0. The van der Waals surface area contributed by atoms with Crippen LogP contribution in [0.1, 0.15) is 16.7 Å². The maximum Gasteiger partial charge on any atom is 0.157 e. The number of hydrogen-bond donors (Lipinski definition) is 1. The van der Waals surface area contributed by atoms with Gasteiger partial charge in [-0.1, -0.05) is 140 Å². The van der Waals surface area contributed by atoms with E-state index in [-0.39, 0.29) is 0 Å². The predicted molar refractivity (Wildman–Crippen MR) is 229 cm³/mol. The highest BCUT2D eigenvalue weighted by molar-refractivity contribution is 7.26. The van der Waals surface area contributed by atoms with Crippen LogP contribution in [-0.2, 0) is 6.54 Å². The van der Waals surface area contributed by atoms with Gasteiger partial charge in [-0.25, -0.2) is 4.99 Å². The Morgan fingerprint density at radius 3 is 1.96 bits per heavy atom. The van der Waals surface area contributed by atoms with Gasteiger partial charge in [0.15, 0.2) is 5.84 Å². The molecule has 0 saturated carbocycles. The fraction of sp³-hybridized carbons (Fsp3) is 0.0204. The van der Waals surface area contributed by atoms with Gasteiger partial charge >= 0.3 is 0 Å². The summed E-state index contributed by atoms with van der Waals surface area (Å²) in [4.78, 5) is 10.2. The van der Waals surface area contributed by atoms with Gasteiger partial charge in [-0.2, -0.15) is 0 Å². The fourth-order valence-electron chi connectivity index (χ4n) is 7.58. The lowest BCUT2D eigenvalue weighted by Crippen LogP contribution is -2.16. The van der Waals surface area contributed by atoms with Crippen molar-refractivity contribution in [2.75, 3.05) is 0 Å². The maximum absolute atomic E-state index is 6.67. The molecule has 5 heteroatoms. The van der Waals surface area contributed by atoms with Crippen molar-refractivity contribution in [2.45, 2.75) is 6.54 Å². The summed E-state index contributed by atoms with van der Waals surface area (Å²) in [5, 5.41) is 7.11. The summed E-state index contributed by atoms with van der Waals surface area (Å²) in [6.07, 6.45) is 0. The summed E-state index contributed by atoms with van der Waals surface area (Å²) in [7, 11) is 0. The summed E-state index contributed by atoms with van der Waals surface area (Å²) >= 11 is 1.84. The van der Waals surface area contributed by atoms with Gasteiger partial charge in [0.2, 0.25) is 0 Å². The molecule has 2 aromatic heterocycles. The monoisotopic (exact) mass is 711 g/mol. The molecule has 0 aliphatic carbocycles. The summed E-state index contributed by atoms with van der Waals surface area (Å²) in [5.41, 5.74) is 15.8. The molecule has 0 spiro atoms. The van der Waals surface area contributed by atoms with E-state index in [9.17, 15) is 0 Å². The van der Waals surface area contributed by atoms with Crippen LogP contribution in [0.2, 0.25) is 0 Å². The van der Waals surface area contributed by atoms with Crippen molar-refractivity contribution < 1.29 is 4.42 Å². The van der Waals surface area contributed by atoms with E-state index >= 15 is 0 Å². The SMILES string of the molecule is NC(=NC(=NCc1cccc2sc3c4ccccc4c(-c4ccccc4)cc3c12)c1ccc2c(c1)oc1cc(-c3ccccc3)ccc12)c1ccccc1. The van der Waals surface area contributed by atoms with Crippen LogP contribution in [0.4, 0.5) is 0 Å². The lowest BCUT2D eigenvalue weighted by molar-refractivity contribution is 0.669. The van der Waals surface area contributed by atoms with Gasteiger partial charge < -0.3 is 10.2 Å². The van der Waals surface area contributed by atoms with Gasteiger partial charge in [-0.15, -0.1) is 11.3 Å². The van der Waals surface area contributed by atoms with E-state index in [0.29, 0.717) is 18.2 Å². The number of fused-ring (bicyclic) bond motifs is 8. The Hall–Kier alpha value is -6.82. The van der Waals surface area contributed by atoms with E-state index in [1.54, 1.807) is 0 Å². The molecule has 0 aliphatic rings. The third-order valence-electron chi connectivity index (χ3n) is 10.2. The van der Waals surface area contributed by atoms with Crippen LogP contribution in [0.5, 0.6) is 0 Å². The third-order valence-corrected chi connectivity index (χ3v) is 11.4. The molecule has 0 atom stereocenters. The second-order valence-electron chi connectivity index (χ2n) is 13.5. The highest BCUT2D eigenvalue weighted by Gasteiger charge is 2.17. The van der Waals surface area contributed by atoms with Crippen LogP contribution >= 0.6 is 11.3 Å². The number of rotatable bonds is 6. The fourth-order valence-corrected chi connectivity index (χ4v) is 8.84. The lowest BCUT2D eigenvalue weighted by Gasteiger charge is -2.10. The third kappa shape index (κ3) is 5.63. The molecule has 4 nitrogen and oxygen atoms in total. The smallest absolute Gasteiger partial charge is 0.157 e. The number of aliphatic imine (C=N–C) groups is 2. The molecule has 0 saturated heterocycles. The highest BCUT2D eigenvalue weighted by atomic mass is 32.1. The van der Waals surface area contributed by atoms with Gasteiger partial charge in [0.25, 0.3) is 0 Å². The van der Waals surface area contributed by atoms with Gasteiger partial charge in [0, 0.05) is 47.5 Å². The topological polar surface area (TPSA) is 63.9 Å². The first kappa shape index (κ1) is 31.9. The molecule has 2 N–H and O–H groups in total. The van der Waals surface area contributed by atoms with E-state index in [1.165, 1.54) is 42.1 Å². The van der Waals surface area contributed by atoms with E-state index in [1.807, 2.05) is 53.8 Å². The average Bonchev–Trinajstić information content (AvgIpc) is 3.81. The van der Waals surface area contributed by atoms with E-state index in [2.05, 4.69) is 133 Å². The second kappa shape index (κ2) is 13.3. The zero-order valence-corrected chi connectivity index (χ0v) is 30.1. The molecular formula is C49H33N3OS. The molecule has 10 aromatic rings. The minimum absolute atomic E-state index is 0.407. The van der Waals surface area contributed by atoms with E-state index < -0.39 is 0 Å². The Bertz CT molecular complexity index is 3070. The quantitative estimate of drug-likeness (QED) is 0.138. The second-order valence-corrected chi connectivity index (χ2v) is 14.5. The van der Waals surface area contributed by atoms with Crippen LogP contribution in [-0.4, -0.2) is 11.7 Å². The molecular weight excluding hydrogens is 679 g/mol. The molecule has 8 aromatic carbocycles. The van der Waals surface area contributed by atoms with Gasteiger partial charge in [0.05, 0.1) is 6.54 Å². The summed E-state index contributed by atoms with van der Waals surface area (Å²) in [6, 6.07) is 61.1. The normalized spacial score (nSPS) is 12.4. The summed E-state index contributed by atoms with van der Waals surface area (Å²) in [5.74, 6) is 0.959. The number of hydrogen-bond acceptors (Lipinski definition) is 3. The van der Waals surface area contributed by atoms with Gasteiger partial charge in [-0.3, -0.25) is 4.99 Å². The molecule has 2 heterocycles. The number of benzene rings is 8. The Labute approximate surface area is 316 Å². The Balaban J connectivity index is 1.11. The summed E-state index contributed by atoms with van der Waals surface area (Å²) in [6.45, 7) is 0.427. The molecule has 0 radical (unpaired) electrons. The molecule has 10 rings (SSSR count). The van der Waals surface area contributed by atoms with Crippen LogP contribution in [0, 0.1) is 0 Å². The van der Waals surface area contributed by atoms with Crippen molar-refractivity contribution in [2.24, 2.45) is 15.7 Å². The number of furan rings is 1. The van der Waals surface area contributed by atoms with Crippen molar-refractivity contribution in [1.82, 2.24) is 0 Å². The maximum atomic E-state index is 6.67. The standard InChI is InChI=1S/C49H33N3OS/c50-48(33-17-8-3-9-18-33)52-49(35-24-26-39-38-25-23-34(31-13-4-1-5-14-31)27-43(38)53-44(39)28-35)51-30-36-19-12-22-45-46(36)42-29-41(32-15-6-2-7-16-32)37-20-10-11-21-40(37)47(42)54-45/h1-29H,30H2,(H2,50,51,52). The van der Waals surface area contributed by atoms with Gasteiger partial charge in [0.1, 0.15) is 17.0 Å². The van der Waals surface area contributed by atoms with E-state index in [0.717, 1.165) is 49.8 Å². The first-order chi connectivity index (χ1) is 26.7. The van der Waals surface area contributed by atoms with Crippen molar-refractivity contribution in [3.05, 3.63) is 193 Å². The van der Waals surface area contributed by atoms with Crippen LogP contribution in [0.3, 0.4) is 0 Å². The Morgan fingerprint density at radius 2 is 1.19 bits per heavy atom. The zero-order valence-electron chi connectivity index (χ0n) is 29.2. The molecule has 256 valence electrons. The van der Waals surface area contributed by atoms with Crippen molar-refractivity contribution in [1.29, 1.82) is 0 Å². The highest BCUT2D eigenvalue weighted by Crippen LogP contribution is 2.44. The van der Waals surface area contributed by atoms with Crippen molar-refractivity contribution in [3.8, 4) is 22.3 Å². The Kier molecular flexibility index (Phi) is 7.85. The molecule has 0 unspecified atom stereocenters. The largest absolute Gasteiger partial charge is 0.456 e. The van der Waals surface area contributed by atoms with Crippen molar-refractivity contribution in [3.63, 3.8) is 0 Å². The predicted octanol–water partition coefficient (Wildman–Crippen LogP) is 12.8. The molecule has 54 heavy (non-hydrogen) atoms. The minimum atomic E-state index is 0.407. The van der Waals surface area contributed by atoms with Crippen LogP contribution in [0.25, 0.3) is 75.1 Å². The average molecular weight is 712 g/mol. The molecule has 0 bridgehead atoms.